The van der Waals surface area contributed by atoms with Gasteiger partial charge in [-0.1, -0.05) is 24.3 Å². The van der Waals surface area contributed by atoms with E-state index in [1.165, 1.54) is 21.3 Å². The summed E-state index contributed by atoms with van der Waals surface area (Å²) < 4.78 is 27.3. The van der Waals surface area contributed by atoms with Crippen LogP contribution in [0.15, 0.2) is 42.5 Å². The van der Waals surface area contributed by atoms with E-state index in [-0.39, 0.29) is 24.6 Å². The molecule has 0 aliphatic carbocycles. The van der Waals surface area contributed by atoms with Gasteiger partial charge in [-0.15, -0.1) is 0 Å². The number of aromatic nitrogens is 1. The summed E-state index contributed by atoms with van der Waals surface area (Å²) in [5.74, 6) is -0.516. The van der Waals surface area contributed by atoms with Crippen LogP contribution in [-0.2, 0) is 16.4 Å². The number of hydrogen-bond donors (Lipinski definition) is 2. The maximum atomic E-state index is 12.9. The van der Waals surface area contributed by atoms with Crippen molar-refractivity contribution in [1.29, 1.82) is 0 Å². The average molecular weight is 401 g/mol. The number of likely N-dealkylation sites (tertiary alicyclic amines) is 1. The number of sulfonamides is 1. The first-order valence-corrected chi connectivity index (χ1v) is 10.3. The van der Waals surface area contributed by atoms with Crippen molar-refractivity contribution >= 4 is 33.5 Å². The van der Waals surface area contributed by atoms with Gasteiger partial charge in [0.25, 0.3) is 5.91 Å². The van der Waals surface area contributed by atoms with Gasteiger partial charge in [-0.3, -0.25) is 14.4 Å². The minimum Gasteiger partial charge on any atom is -0.364 e. The molecule has 0 unspecified atom stereocenters. The zero-order chi connectivity index (χ0) is 19.9. The Balaban J connectivity index is 1.40. The summed E-state index contributed by atoms with van der Waals surface area (Å²) >= 11 is 0. The van der Waals surface area contributed by atoms with Gasteiger partial charge in [0.1, 0.15) is 16.8 Å². The Hall–Kier alpha value is -3.14. The highest BCUT2D eigenvalue weighted by atomic mass is 32.2. The molecule has 28 heavy (non-hydrogen) atoms. The minimum atomic E-state index is -3.54. The number of pyridine rings is 1. The lowest BCUT2D eigenvalue weighted by Gasteiger charge is -2.40. The van der Waals surface area contributed by atoms with Gasteiger partial charge in [0.2, 0.25) is 10.0 Å². The van der Waals surface area contributed by atoms with E-state index >= 15 is 0 Å². The van der Waals surface area contributed by atoms with Crippen molar-refractivity contribution in [3.63, 3.8) is 0 Å². The SMILES string of the molecule is NC(=O)c1cccc(NC(=O)N2CC(S(=O)(=O)N3CCc4ccccc43)C2)n1. The summed E-state index contributed by atoms with van der Waals surface area (Å²) in [7, 11) is -3.54. The number of fused-ring (bicyclic) bond motifs is 1. The Labute approximate surface area is 162 Å². The number of amides is 3. The lowest BCUT2D eigenvalue weighted by molar-refractivity contribution is 0.0995. The average Bonchev–Trinajstić information content (AvgIpc) is 3.05. The van der Waals surface area contributed by atoms with Crippen LogP contribution in [0.2, 0.25) is 0 Å². The second-order valence-electron chi connectivity index (χ2n) is 6.73. The fourth-order valence-electron chi connectivity index (χ4n) is 3.37. The van der Waals surface area contributed by atoms with Crippen molar-refractivity contribution in [2.45, 2.75) is 11.7 Å². The number of primary amides is 1. The van der Waals surface area contributed by atoms with Gasteiger partial charge in [0.15, 0.2) is 0 Å². The molecular formula is C18H19N5O4S. The highest BCUT2D eigenvalue weighted by Crippen LogP contribution is 2.33. The van der Waals surface area contributed by atoms with Crippen LogP contribution < -0.4 is 15.4 Å². The third kappa shape index (κ3) is 3.15. The van der Waals surface area contributed by atoms with Gasteiger partial charge < -0.3 is 10.6 Å². The van der Waals surface area contributed by atoms with E-state index in [1.54, 1.807) is 12.1 Å². The molecule has 9 nitrogen and oxygen atoms in total. The molecule has 2 aliphatic heterocycles. The zero-order valence-electron chi connectivity index (χ0n) is 14.9. The number of hydrogen-bond acceptors (Lipinski definition) is 5. The van der Waals surface area contributed by atoms with Gasteiger partial charge in [-0.25, -0.2) is 18.2 Å². The molecule has 10 heteroatoms. The first kappa shape index (κ1) is 18.2. The number of para-hydroxylation sites is 1. The fourth-order valence-corrected chi connectivity index (χ4v) is 5.27. The van der Waals surface area contributed by atoms with E-state index in [0.717, 1.165) is 11.3 Å². The van der Waals surface area contributed by atoms with E-state index in [2.05, 4.69) is 10.3 Å². The third-order valence-electron chi connectivity index (χ3n) is 4.94. The second-order valence-corrected chi connectivity index (χ2v) is 8.86. The molecule has 3 N–H and O–H groups in total. The van der Waals surface area contributed by atoms with Crippen molar-refractivity contribution in [2.24, 2.45) is 5.73 Å². The molecule has 146 valence electrons. The maximum absolute atomic E-state index is 12.9. The van der Waals surface area contributed by atoms with Gasteiger partial charge in [-0.2, -0.15) is 0 Å². The highest BCUT2D eigenvalue weighted by molar-refractivity contribution is 7.93. The fraction of sp³-hybridized carbons (Fsp3) is 0.278. The normalized spacial score (nSPS) is 16.4. The number of urea groups is 1. The molecule has 2 aliphatic rings. The summed E-state index contributed by atoms with van der Waals surface area (Å²) in [6, 6.07) is 11.5. The van der Waals surface area contributed by atoms with Gasteiger partial charge >= 0.3 is 6.03 Å². The summed E-state index contributed by atoms with van der Waals surface area (Å²) in [6.45, 7) is 0.624. The first-order chi connectivity index (χ1) is 13.4. The molecule has 3 heterocycles. The number of nitrogens with two attached hydrogens (primary N) is 1. The Kier molecular flexibility index (Phi) is 4.42. The molecule has 0 spiro atoms. The van der Waals surface area contributed by atoms with Crippen molar-refractivity contribution < 1.29 is 18.0 Å². The molecule has 2 aromatic rings. The smallest absolute Gasteiger partial charge is 0.323 e. The summed E-state index contributed by atoms with van der Waals surface area (Å²) in [5.41, 5.74) is 6.95. The number of nitrogens with one attached hydrogen (secondary N) is 1. The van der Waals surface area contributed by atoms with Gasteiger partial charge in [-0.05, 0) is 30.2 Å². The van der Waals surface area contributed by atoms with Crippen molar-refractivity contribution in [2.75, 3.05) is 29.3 Å². The number of nitrogens with zero attached hydrogens (tertiary/aromatic N) is 3. The molecule has 3 amide bonds. The molecule has 4 rings (SSSR count). The quantitative estimate of drug-likeness (QED) is 0.783. The summed E-state index contributed by atoms with van der Waals surface area (Å²) in [4.78, 5) is 28.8. The van der Waals surface area contributed by atoms with Crippen LogP contribution in [0.25, 0.3) is 0 Å². The first-order valence-electron chi connectivity index (χ1n) is 8.78. The van der Waals surface area contributed by atoms with E-state index in [1.807, 2.05) is 18.2 Å². The Bertz CT molecular complexity index is 1050. The molecule has 1 fully saturated rings. The standard InChI is InChI=1S/C18H19N5O4S/c19-17(24)14-5-3-7-16(20-14)21-18(25)22-10-13(11-22)28(26,27)23-9-8-12-4-1-2-6-15(12)23/h1-7,13H,8-11H2,(H2,19,24)(H,20,21,25). The van der Waals surface area contributed by atoms with Crippen LogP contribution in [0.3, 0.4) is 0 Å². The topological polar surface area (TPSA) is 126 Å². The number of carbonyl (C=O) groups excluding carboxylic acids is 2. The largest absolute Gasteiger partial charge is 0.364 e. The molecule has 0 saturated carbocycles. The van der Waals surface area contributed by atoms with Crippen LogP contribution in [0.1, 0.15) is 16.1 Å². The third-order valence-corrected chi connectivity index (χ3v) is 7.08. The Morgan fingerprint density at radius 3 is 2.61 bits per heavy atom. The molecule has 0 atom stereocenters. The van der Waals surface area contributed by atoms with Crippen molar-refractivity contribution in [1.82, 2.24) is 9.88 Å². The highest BCUT2D eigenvalue weighted by Gasteiger charge is 2.44. The van der Waals surface area contributed by atoms with Crippen LogP contribution in [-0.4, -0.2) is 55.1 Å². The van der Waals surface area contributed by atoms with Crippen LogP contribution in [0.5, 0.6) is 0 Å². The minimum absolute atomic E-state index is 0.0366. The van der Waals surface area contributed by atoms with Crippen molar-refractivity contribution in [3.8, 4) is 0 Å². The molecule has 1 saturated heterocycles. The predicted molar refractivity (Wildman–Crippen MR) is 104 cm³/mol. The molecule has 1 aromatic heterocycles. The lowest BCUT2D eigenvalue weighted by atomic mass is 10.2. The van der Waals surface area contributed by atoms with E-state index < -0.39 is 27.2 Å². The molecular weight excluding hydrogens is 382 g/mol. The van der Waals surface area contributed by atoms with E-state index in [9.17, 15) is 18.0 Å². The predicted octanol–water partition coefficient (Wildman–Crippen LogP) is 0.789. The van der Waals surface area contributed by atoms with Crippen LogP contribution in [0.4, 0.5) is 16.3 Å². The van der Waals surface area contributed by atoms with Crippen LogP contribution >= 0.6 is 0 Å². The monoisotopic (exact) mass is 401 g/mol. The lowest BCUT2D eigenvalue weighted by Crippen LogP contribution is -2.60. The number of anilines is 2. The zero-order valence-corrected chi connectivity index (χ0v) is 15.7. The molecule has 0 bridgehead atoms. The Morgan fingerprint density at radius 1 is 1.11 bits per heavy atom. The second kappa shape index (κ2) is 6.79. The number of carbonyl (C=O) groups is 2. The van der Waals surface area contributed by atoms with Gasteiger partial charge in [0, 0.05) is 19.6 Å². The summed E-state index contributed by atoms with van der Waals surface area (Å²) in [6.07, 6.45) is 0.689. The maximum Gasteiger partial charge on any atom is 0.323 e. The Morgan fingerprint density at radius 2 is 1.86 bits per heavy atom. The molecule has 1 aromatic carbocycles. The summed E-state index contributed by atoms with van der Waals surface area (Å²) in [5, 5.41) is 1.91. The van der Waals surface area contributed by atoms with Crippen molar-refractivity contribution in [3.05, 3.63) is 53.7 Å². The number of rotatable bonds is 4. The number of benzene rings is 1. The van der Waals surface area contributed by atoms with E-state index in [0.29, 0.717) is 13.0 Å². The van der Waals surface area contributed by atoms with Gasteiger partial charge in [0.05, 0.1) is 5.69 Å². The molecule has 0 radical (unpaired) electrons. The van der Waals surface area contributed by atoms with Crippen LogP contribution in [0, 0.1) is 0 Å². The van der Waals surface area contributed by atoms with E-state index in [4.69, 9.17) is 5.73 Å².